The molecule has 0 aromatic carbocycles. The Balaban J connectivity index is 3.22. The van der Waals surface area contributed by atoms with Gasteiger partial charge < -0.3 is 4.57 Å². The average molecular weight is 212 g/mol. The van der Waals surface area contributed by atoms with Gasteiger partial charge in [-0.05, 0) is 19.4 Å². The van der Waals surface area contributed by atoms with Gasteiger partial charge in [-0.1, -0.05) is 20.8 Å². The smallest absolute Gasteiger partial charge is 0.134 e. The Morgan fingerprint density at radius 1 is 1.29 bits per heavy atom. The van der Waals surface area contributed by atoms with E-state index in [0.29, 0.717) is 5.44 Å². The molecular weight excluding hydrogens is 195 g/mol. The number of hydrogen-bond acceptors (Lipinski definition) is 3. The predicted octanol–water partition coefficient (Wildman–Crippen LogP) is 2.02. The molecular formula is C10H17N2OP. The molecule has 0 saturated heterocycles. The fraction of sp³-hybridized carbons (Fsp3) is 0.600. The van der Waals surface area contributed by atoms with Gasteiger partial charge in [0.05, 0.1) is 0 Å². The Morgan fingerprint density at radius 2 is 1.86 bits per heavy atom. The highest BCUT2D eigenvalue weighted by Crippen LogP contribution is 2.33. The predicted molar refractivity (Wildman–Crippen MR) is 59.8 cm³/mol. The Morgan fingerprint density at radius 3 is 2.29 bits per heavy atom. The molecule has 0 saturated carbocycles. The Hall–Kier alpha value is -0.690. The molecule has 0 aliphatic heterocycles. The number of hydrogen-bond donors (Lipinski definition) is 0. The van der Waals surface area contributed by atoms with Crippen molar-refractivity contribution in [1.29, 1.82) is 0 Å². The van der Waals surface area contributed by atoms with Crippen LogP contribution in [0.15, 0.2) is 12.3 Å². The van der Waals surface area contributed by atoms with E-state index >= 15 is 0 Å². The van der Waals surface area contributed by atoms with Crippen LogP contribution in [0.4, 0.5) is 0 Å². The maximum absolute atomic E-state index is 11.8. The fourth-order valence-electron chi connectivity index (χ4n) is 1.01. The van der Waals surface area contributed by atoms with E-state index in [1.807, 2.05) is 20.8 Å². The summed E-state index contributed by atoms with van der Waals surface area (Å²) in [4.78, 5) is 8.53. The molecule has 1 aromatic rings. The summed E-state index contributed by atoms with van der Waals surface area (Å²) in [6.45, 7) is 9.58. The minimum absolute atomic E-state index is 0.0921. The van der Waals surface area contributed by atoms with Crippen molar-refractivity contribution in [1.82, 2.24) is 9.97 Å². The molecule has 1 rings (SSSR count). The minimum Gasteiger partial charge on any atom is -0.318 e. The Labute approximate surface area is 85.3 Å². The second-order valence-corrected chi connectivity index (χ2v) is 8.00. The van der Waals surface area contributed by atoms with Crippen LogP contribution in [-0.4, -0.2) is 23.3 Å². The van der Waals surface area contributed by atoms with Gasteiger partial charge in [-0.25, -0.2) is 9.97 Å². The SMILES string of the molecule is CC(C)(C)c1nccc(P(C)(C)=O)n1. The molecule has 0 aliphatic rings. The van der Waals surface area contributed by atoms with Crippen molar-refractivity contribution < 1.29 is 4.57 Å². The first-order valence-corrected chi connectivity index (χ1v) is 7.20. The quantitative estimate of drug-likeness (QED) is 0.669. The van der Waals surface area contributed by atoms with E-state index in [9.17, 15) is 4.57 Å². The van der Waals surface area contributed by atoms with E-state index in [2.05, 4.69) is 9.97 Å². The standard InChI is InChI=1S/C10H17N2OP/c1-10(2,3)9-11-7-6-8(12-9)14(4,5)13/h6-7H,1-5H3. The first-order valence-electron chi connectivity index (χ1n) is 4.60. The van der Waals surface area contributed by atoms with Gasteiger partial charge in [-0.3, -0.25) is 0 Å². The van der Waals surface area contributed by atoms with Gasteiger partial charge in [-0.15, -0.1) is 0 Å². The van der Waals surface area contributed by atoms with E-state index in [4.69, 9.17) is 0 Å². The van der Waals surface area contributed by atoms with Gasteiger partial charge in [0.25, 0.3) is 0 Å². The molecule has 4 heteroatoms. The molecule has 0 atom stereocenters. The van der Waals surface area contributed by atoms with Crippen molar-refractivity contribution in [3.63, 3.8) is 0 Å². The zero-order valence-corrected chi connectivity index (χ0v) is 10.3. The molecule has 78 valence electrons. The van der Waals surface area contributed by atoms with Crippen LogP contribution >= 0.6 is 7.14 Å². The zero-order chi connectivity index (χ0) is 11.0. The van der Waals surface area contributed by atoms with Crippen molar-refractivity contribution in [3.8, 4) is 0 Å². The van der Waals surface area contributed by atoms with Crippen molar-refractivity contribution in [2.75, 3.05) is 13.3 Å². The molecule has 0 fully saturated rings. The topological polar surface area (TPSA) is 42.9 Å². The highest BCUT2D eigenvalue weighted by molar-refractivity contribution is 7.69. The molecule has 1 aromatic heterocycles. The third kappa shape index (κ3) is 2.65. The molecule has 0 aliphatic carbocycles. The van der Waals surface area contributed by atoms with Crippen LogP contribution in [0.1, 0.15) is 26.6 Å². The molecule has 14 heavy (non-hydrogen) atoms. The Kier molecular flexibility index (Phi) is 2.82. The fourth-order valence-corrected chi connectivity index (χ4v) is 1.77. The van der Waals surface area contributed by atoms with Crippen LogP contribution < -0.4 is 5.44 Å². The molecule has 0 bridgehead atoms. The first kappa shape index (κ1) is 11.4. The lowest BCUT2D eigenvalue weighted by Gasteiger charge is -2.17. The van der Waals surface area contributed by atoms with Crippen molar-refractivity contribution >= 4 is 12.6 Å². The molecule has 0 unspecified atom stereocenters. The second kappa shape index (κ2) is 3.47. The van der Waals surface area contributed by atoms with E-state index in [1.54, 1.807) is 25.6 Å². The van der Waals surface area contributed by atoms with Crippen molar-refractivity contribution in [2.45, 2.75) is 26.2 Å². The molecule has 0 spiro atoms. The number of rotatable bonds is 1. The van der Waals surface area contributed by atoms with Gasteiger partial charge in [0.15, 0.2) is 0 Å². The third-order valence-corrected chi connectivity index (χ3v) is 3.22. The highest BCUT2D eigenvalue weighted by atomic mass is 31.2. The third-order valence-electron chi connectivity index (χ3n) is 1.86. The van der Waals surface area contributed by atoms with Crippen LogP contribution in [0.2, 0.25) is 0 Å². The van der Waals surface area contributed by atoms with Gasteiger partial charge in [0.1, 0.15) is 18.4 Å². The normalized spacial score (nSPS) is 12.9. The highest BCUT2D eigenvalue weighted by Gasteiger charge is 2.20. The second-order valence-electron chi connectivity index (χ2n) is 4.84. The van der Waals surface area contributed by atoms with Crippen LogP contribution in [0.25, 0.3) is 0 Å². The van der Waals surface area contributed by atoms with Gasteiger partial charge in [-0.2, -0.15) is 0 Å². The maximum atomic E-state index is 11.8. The molecule has 3 nitrogen and oxygen atoms in total. The summed E-state index contributed by atoms with van der Waals surface area (Å²) in [5.41, 5.74) is 0.572. The van der Waals surface area contributed by atoms with Crippen LogP contribution in [0, 0.1) is 0 Å². The number of nitrogens with zero attached hydrogens (tertiary/aromatic N) is 2. The van der Waals surface area contributed by atoms with E-state index in [0.717, 1.165) is 5.82 Å². The lowest BCUT2D eigenvalue weighted by atomic mass is 9.96. The van der Waals surface area contributed by atoms with Gasteiger partial charge >= 0.3 is 0 Å². The van der Waals surface area contributed by atoms with Crippen LogP contribution in [0.5, 0.6) is 0 Å². The first-order chi connectivity index (χ1) is 6.21. The summed E-state index contributed by atoms with van der Waals surface area (Å²) in [7, 11) is -2.27. The van der Waals surface area contributed by atoms with Crippen LogP contribution in [0.3, 0.4) is 0 Å². The molecule has 1 heterocycles. The average Bonchev–Trinajstić information content (AvgIpc) is 2.01. The maximum Gasteiger partial charge on any atom is 0.134 e. The monoisotopic (exact) mass is 212 g/mol. The van der Waals surface area contributed by atoms with Crippen molar-refractivity contribution in [2.24, 2.45) is 0 Å². The van der Waals surface area contributed by atoms with E-state index < -0.39 is 7.14 Å². The molecule has 0 amide bonds. The summed E-state index contributed by atoms with van der Waals surface area (Å²) in [6, 6.07) is 1.73. The molecule has 0 N–H and O–H groups in total. The summed E-state index contributed by atoms with van der Waals surface area (Å²) >= 11 is 0. The minimum atomic E-state index is -2.27. The summed E-state index contributed by atoms with van der Waals surface area (Å²) in [5, 5.41) is 0. The summed E-state index contributed by atoms with van der Waals surface area (Å²) in [5.74, 6) is 0.749. The summed E-state index contributed by atoms with van der Waals surface area (Å²) in [6.07, 6.45) is 1.68. The lowest BCUT2D eigenvalue weighted by Crippen LogP contribution is -2.21. The van der Waals surface area contributed by atoms with Gasteiger partial charge in [0.2, 0.25) is 0 Å². The molecule has 0 radical (unpaired) electrons. The van der Waals surface area contributed by atoms with Gasteiger partial charge in [0, 0.05) is 11.6 Å². The van der Waals surface area contributed by atoms with E-state index in [1.165, 1.54) is 0 Å². The zero-order valence-electron chi connectivity index (χ0n) is 9.40. The summed E-state index contributed by atoms with van der Waals surface area (Å²) < 4.78 is 11.8. The van der Waals surface area contributed by atoms with Crippen LogP contribution in [-0.2, 0) is 9.98 Å². The number of aromatic nitrogens is 2. The Bertz CT molecular complexity index is 376. The van der Waals surface area contributed by atoms with E-state index in [-0.39, 0.29) is 5.41 Å². The largest absolute Gasteiger partial charge is 0.318 e. The van der Waals surface area contributed by atoms with Crippen molar-refractivity contribution in [3.05, 3.63) is 18.1 Å². The lowest BCUT2D eigenvalue weighted by molar-refractivity contribution is 0.546.